The highest BCUT2D eigenvalue weighted by Gasteiger charge is 2.59. The van der Waals surface area contributed by atoms with Gasteiger partial charge in [-0.3, -0.25) is 0 Å². The first kappa shape index (κ1) is 16.4. The molecule has 1 aromatic carbocycles. The van der Waals surface area contributed by atoms with E-state index in [-0.39, 0.29) is 0 Å². The predicted octanol–water partition coefficient (Wildman–Crippen LogP) is 5.31. The molecule has 1 N–H and O–H groups in total. The van der Waals surface area contributed by atoms with E-state index in [9.17, 15) is 0 Å². The molecular weight excluding hydrogens is 294 g/mol. The van der Waals surface area contributed by atoms with Crippen LogP contribution in [0.3, 0.4) is 0 Å². The summed E-state index contributed by atoms with van der Waals surface area (Å²) in [5.41, 5.74) is 2.89. The van der Waals surface area contributed by atoms with Gasteiger partial charge in [0.05, 0.1) is 6.61 Å². The molecule has 0 radical (unpaired) electrons. The SMILES string of the molecule is CCCOc1cccc(CNC23CC4CC(C)(CC(C)(C4)C2)C3)c1. The van der Waals surface area contributed by atoms with Gasteiger partial charge in [-0.05, 0) is 79.4 Å². The molecule has 1 aromatic rings. The Morgan fingerprint density at radius 2 is 1.83 bits per heavy atom. The van der Waals surface area contributed by atoms with Crippen LogP contribution in [-0.4, -0.2) is 12.1 Å². The average molecular weight is 328 g/mol. The quantitative estimate of drug-likeness (QED) is 0.764. The van der Waals surface area contributed by atoms with Gasteiger partial charge >= 0.3 is 0 Å². The van der Waals surface area contributed by atoms with E-state index in [1.54, 1.807) is 0 Å². The van der Waals surface area contributed by atoms with Gasteiger partial charge in [-0.15, -0.1) is 0 Å². The van der Waals surface area contributed by atoms with Gasteiger partial charge in [0.2, 0.25) is 0 Å². The molecule has 4 saturated carbocycles. The molecule has 4 bridgehead atoms. The summed E-state index contributed by atoms with van der Waals surface area (Å²) in [6.07, 6.45) is 9.57. The molecule has 5 rings (SSSR count). The van der Waals surface area contributed by atoms with Gasteiger partial charge in [-0.1, -0.05) is 32.9 Å². The van der Waals surface area contributed by atoms with Crippen molar-refractivity contribution < 1.29 is 4.74 Å². The minimum Gasteiger partial charge on any atom is -0.494 e. The van der Waals surface area contributed by atoms with Crippen molar-refractivity contribution in [3.63, 3.8) is 0 Å². The van der Waals surface area contributed by atoms with Crippen molar-refractivity contribution in [2.24, 2.45) is 16.7 Å². The van der Waals surface area contributed by atoms with E-state index in [0.29, 0.717) is 16.4 Å². The lowest BCUT2D eigenvalue weighted by Gasteiger charge is -2.65. The smallest absolute Gasteiger partial charge is 0.119 e. The van der Waals surface area contributed by atoms with Crippen LogP contribution in [0.4, 0.5) is 0 Å². The second kappa shape index (κ2) is 5.76. The average Bonchev–Trinajstić information content (AvgIpc) is 2.48. The van der Waals surface area contributed by atoms with Gasteiger partial charge in [0.15, 0.2) is 0 Å². The molecule has 2 heteroatoms. The third kappa shape index (κ3) is 3.10. The van der Waals surface area contributed by atoms with E-state index in [4.69, 9.17) is 4.74 Å². The maximum atomic E-state index is 5.80. The normalized spacial score (nSPS) is 40.0. The van der Waals surface area contributed by atoms with Gasteiger partial charge in [-0.2, -0.15) is 0 Å². The summed E-state index contributed by atoms with van der Waals surface area (Å²) >= 11 is 0. The molecule has 4 aliphatic rings. The molecule has 2 nitrogen and oxygen atoms in total. The van der Waals surface area contributed by atoms with E-state index < -0.39 is 0 Å². The monoisotopic (exact) mass is 327 g/mol. The van der Waals surface area contributed by atoms with Gasteiger partial charge in [0, 0.05) is 12.1 Å². The second-order valence-electron chi connectivity index (χ2n) is 9.76. The van der Waals surface area contributed by atoms with E-state index in [1.807, 2.05) is 0 Å². The summed E-state index contributed by atoms with van der Waals surface area (Å²) < 4.78 is 5.80. The van der Waals surface area contributed by atoms with Crippen LogP contribution in [0.2, 0.25) is 0 Å². The van der Waals surface area contributed by atoms with Crippen molar-refractivity contribution >= 4 is 0 Å². The Hall–Kier alpha value is -1.02. The molecule has 0 aliphatic heterocycles. The third-order valence-electron chi connectivity index (χ3n) is 6.67. The molecule has 4 fully saturated rings. The van der Waals surface area contributed by atoms with E-state index >= 15 is 0 Å². The Morgan fingerprint density at radius 1 is 1.08 bits per heavy atom. The Bertz CT molecular complexity index is 592. The summed E-state index contributed by atoms with van der Waals surface area (Å²) in [5.74, 6) is 1.96. The van der Waals surface area contributed by atoms with Crippen molar-refractivity contribution in [3.05, 3.63) is 29.8 Å². The first-order valence-corrected chi connectivity index (χ1v) is 9.89. The maximum Gasteiger partial charge on any atom is 0.119 e. The zero-order chi connectivity index (χ0) is 16.8. The second-order valence-corrected chi connectivity index (χ2v) is 9.76. The van der Waals surface area contributed by atoms with Crippen LogP contribution < -0.4 is 10.1 Å². The molecule has 4 aliphatic carbocycles. The number of hydrogen-bond acceptors (Lipinski definition) is 2. The Balaban J connectivity index is 1.46. The van der Waals surface area contributed by atoms with Crippen LogP contribution in [0.5, 0.6) is 5.75 Å². The standard InChI is InChI=1S/C22H33NO/c1-4-8-24-19-7-5-6-17(9-19)13-23-22-12-18-10-20(2,15-22)14-21(3,11-18)16-22/h5-7,9,18,23H,4,8,10-16H2,1-3H3. The highest BCUT2D eigenvalue weighted by Crippen LogP contribution is 2.66. The van der Waals surface area contributed by atoms with Crippen molar-refractivity contribution in [3.8, 4) is 5.75 Å². The van der Waals surface area contributed by atoms with E-state index in [0.717, 1.165) is 31.2 Å². The lowest BCUT2D eigenvalue weighted by Crippen LogP contribution is -2.63. The fourth-order valence-corrected chi connectivity index (χ4v) is 6.90. The van der Waals surface area contributed by atoms with Crippen LogP contribution in [0.15, 0.2) is 24.3 Å². The Kier molecular flexibility index (Phi) is 3.95. The molecule has 0 aromatic heterocycles. The van der Waals surface area contributed by atoms with Crippen LogP contribution in [0.25, 0.3) is 0 Å². The number of nitrogens with one attached hydrogen (secondary N) is 1. The summed E-state index contributed by atoms with van der Waals surface area (Å²) in [5, 5.41) is 4.02. The molecule has 0 saturated heterocycles. The Labute approximate surface area is 147 Å². The number of hydrogen-bond donors (Lipinski definition) is 1. The highest BCUT2D eigenvalue weighted by atomic mass is 16.5. The zero-order valence-electron chi connectivity index (χ0n) is 15.7. The van der Waals surface area contributed by atoms with Gasteiger partial charge in [0.25, 0.3) is 0 Å². The number of benzene rings is 1. The molecule has 2 atom stereocenters. The zero-order valence-corrected chi connectivity index (χ0v) is 15.7. The number of rotatable bonds is 6. The molecule has 2 unspecified atom stereocenters. The van der Waals surface area contributed by atoms with Gasteiger partial charge in [0.1, 0.15) is 5.75 Å². The Morgan fingerprint density at radius 3 is 2.50 bits per heavy atom. The van der Waals surface area contributed by atoms with Crippen LogP contribution in [-0.2, 0) is 6.54 Å². The van der Waals surface area contributed by atoms with E-state index in [2.05, 4.69) is 50.4 Å². The largest absolute Gasteiger partial charge is 0.494 e. The molecule has 0 heterocycles. The fraction of sp³-hybridized carbons (Fsp3) is 0.727. The molecule has 24 heavy (non-hydrogen) atoms. The van der Waals surface area contributed by atoms with Crippen LogP contribution >= 0.6 is 0 Å². The van der Waals surface area contributed by atoms with Crippen molar-refractivity contribution in [2.45, 2.75) is 77.8 Å². The lowest BCUT2D eigenvalue weighted by molar-refractivity contribution is -0.118. The molecule has 0 spiro atoms. The molecule has 0 amide bonds. The first-order chi connectivity index (χ1) is 11.4. The van der Waals surface area contributed by atoms with Gasteiger partial charge < -0.3 is 10.1 Å². The highest BCUT2D eigenvalue weighted by molar-refractivity contribution is 5.29. The van der Waals surface area contributed by atoms with Crippen LogP contribution in [0.1, 0.15) is 71.3 Å². The van der Waals surface area contributed by atoms with Gasteiger partial charge in [-0.25, -0.2) is 0 Å². The first-order valence-electron chi connectivity index (χ1n) is 9.89. The summed E-state index contributed by atoms with van der Waals surface area (Å²) in [7, 11) is 0. The van der Waals surface area contributed by atoms with Crippen molar-refractivity contribution in [1.82, 2.24) is 5.32 Å². The molecular formula is C22H33NO. The summed E-state index contributed by atoms with van der Waals surface area (Å²) in [6.45, 7) is 9.03. The lowest BCUT2D eigenvalue weighted by atomic mass is 9.43. The van der Waals surface area contributed by atoms with Crippen LogP contribution in [0, 0.1) is 16.7 Å². The molecule has 132 valence electrons. The minimum absolute atomic E-state index is 0.378. The van der Waals surface area contributed by atoms with Crippen molar-refractivity contribution in [2.75, 3.05) is 6.61 Å². The fourth-order valence-electron chi connectivity index (χ4n) is 6.90. The summed E-state index contributed by atoms with van der Waals surface area (Å²) in [6, 6.07) is 8.65. The minimum atomic E-state index is 0.378. The van der Waals surface area contributed by atoms with Crippen molar-refractivity contribution in [1.29, 1.82) is 0 Å². The van der Waals surface area contributed by atoms with E-state index in [1.165, 1.54) is 44.1 Å². The maximum absolute atomic E-state index is 5.80. The number of ether oxygens (including phenoxy) is 1. The topological polar surface area (TPSA) is 21.3 Å². The third-order valence-corrected chi connectivity index (χ3v) is 6.67. The summed E-state index contributed by atoms with van der Waals surface area (Å²) in [4.78, 5) is 0. The predicted molar refractivity (Wildman–Crippen MR) is 99.2 cm³/mol.